The lowest BCUT2D eigenvalue weighted by Crippen LogP contribution is -2.38. The molecule has 0 bridgehead atoms. The topological polar surface area (TPSA) is 26.9 Å². The fourth-order valence-electron chi connectivity index (χ4n) is 6.49. The minimum Gasteiger partial charge on any atom is -0.872 e. The van der Waals surface area contributed by atoms with Gasteiger partial charge in [0, 0.05) is 24.3 Å². The molecule has 0 amide bonds. The fourth-order valence-corrected chi connectivity index (χ4v) is 6.49. The summed E-state index contributed by atoms with van der Waals surface area (Å²) in [4.78, 5) is 0. The predicted octanol–water partition coefficient (Wildman–Crippen LogP) is 12.2. The maximum absolute atomic E-state index is 15.9. The number of pyridine rings is 1. The van der Waals surface area contributed by atoms with E-state index in [2.05, 4.69) is 0 Å². The van der Waals surface area contributed by atoms with E-state index >= 15 is 35.1 Å². The van der Waals surface area contributed by atoms with E-state index < -0.39 is 178 Å². The van der Waals surface area contributed by atoms with Crippen molar-refractivity contribution in [3.63, 3.8) is 0 Å². The van der Waals surface area contributed by atoms with Crippen LogP contribution in [0.15, 0.2) is 54.6 Å². The van der Waals surface area contributed by atoms with Crippen LogP contribution < -0.4 is 9.67 Å². The van der Waals surface area contributed by atoms with Crippen LogP contribution in [0.3, 0.4) is 0 Å². The second-order valence-corrected chi connectivity index (χ2v) is 12.9. The van der Waals surface area contributed by atoms with Gasteiger partial charge in [-0.25, -0.2) is 87.8 Å². The molecule has 2 nitrogen and oxygen atoms in total. The maximum atomic E-state index is 15.9. The number of hydrogen-bond donors (Lipinski definition) is 0. The first-order chi connectivity index (χ1) is 29.5. The number of benzene rings is 6. The van der Waals surface area contributed by atoms with Crippen LogP contribution in [0.1, 0.15) is 0 Å². The number of aromatic nitrogens is 1. The van der Waals surface area contributed by atoms with Crippen molar-refractivity contribution in [2.24, 2.45) is 0 Å². The number of hydrogen-bond acceptors (Lipinski definition) is 1. The summed E-state index contributed by atoms with van der Waals surface area (Å²) in [6.45, 7) is 0. The quantitative estimate of drug-likeness (QED) is 0.0707. The molecule has 6 aromatic carbocycles. The van der Waals surface area contributed by atoms with E-state index in [1.54, 1.807) is 0 Å². The molecule has 63 heavy (non-hydrogen) atoms. The summed E-state index contributed by atoms with van der Waals surface area (Å²) in [6, 6.07) is 6.05. The van der Waals surface area contributed by atoms with E-state index in [1.165, 1.54) is 18.2 Å². The second-order valence-electron chi connectivity index (χ2n) is 12.9. The normalized spacial score (nSPS) is 11.6. The molecule has 0 radical (unpaired) electrons. The van der Waals surface area contributed by atoms with Gasteiger partial charge in [-0.1, -0.05) is 36.1 Å². The molecule has 324 valence electrons. The number of halogens is 20. The molecule has 1 heterocycles. The summed E-state index contributed by atoms with van der Waals surface area (Å²) in [5.74, 6) is -60.3. The zero-order valence-corrected chi connectivity index (χ0v) is 29.6. The standard InChI is InChI=1S/C41H9F20NO/c42-21-17(22(43)30(51)37(58)29(21)50)13-8-12(9-14(41(13)63)18-23(44)31(52)38(59)32(53)24(18)45)62-15(19-25(46)33(54)39(60)34(55)26(19)47)6-11(10-4-2-1-3-5-10)7-16(62)20-27(48)35(56)40(61)36(57)28(20)49/h1-9H. The molecule has 1 aromatic heterocycles. The summed E-state index contributed by atoms with van der Waals surface area (Å²) < 4.78 is 300. The molecule has 0 aliphatic carbocycles. The monoisotopic (exact) mass is 911 g/mol. The number of nitrogens with zero attached hydrogens (tertiary/aromatic N) is 1. The highest BCUT2D eigenvalue weighted by atomic mass is 19.2. The molecule has 7 rings (SSSR count). The summed E-state index contributed by atoms with van der Waals surface area (Å²) in [5, 5.41) is 13.9. The van der Waals surface area contributed by atoms with E-state index in [0.29, 0.717) is 12.1 Å². The Balaban J connectivity index is 1.83. The summed E-state index contributed by atoms with van der Waals surface area (Å²) in [7, 11) is 0. The highest BCUT2D eigenvalue weighted by molar-refractivity contribution is 5.85. The van der Waals surface area contributed by atoms with Crippen LogP contribution in [0.4, 0.5) is 87.8 Å². The van der Waals surface area contributed by atoms with Gasteiger partial charge in [0.15, 0.2) is 93.1 Å². The Labute approximate surface area is 335 Å². The van der Waals surface area contributed by atoms with E-state index in [0.717, 1.165) is 12.1 Å². The van der Waals surface area contributed by atoms with Gasteiger partial charge in [-0.2, -0.15) is 4.57 Å². The van der Waals surface area contributed by atoms with Gasteiger partial charge in [0.2, 0.25) is 40.3 Å². The molecule has 22 heteroatoms. The van der Waals surface area contributed by atoms with E-state index in [9.17, 15) is 57.8 Å². The molecule has 0 aliphatic rings. The Morgan fingerprint density at radius 2 is 0.540 bits per heavy atom. The average Bonchev–Trinajstić information content (AvgIpc) is 3.27. The molecule has 0 atom stereocenters. The third-order valence-corrected chi connectivity index (χ3v) is 9.40. The first kappa shape index (κ1) is 43.9. The lowest BCUT2D eigenvalue weighted by Gasteiger charge is -2.23. The Morgan fingerprint density at radius 1 is 0.286 bits per heavy atom. The van der Waals surface area contributed by atoms with E-state index in [-0.39, 0.29) is 22.3 Å². The van der Waals surface area contributed by atoms with Gasteiger partial charge < -0.3 is 5.11 Å². The van der Waals surface area contributed by atoms with Crippen molar-refractivity contribution in [2.75, 3.05) is 0 Å². The summed E-state index contributed by atoms with van der Waals surface area (Å²) in [6.07, 6.45) is 0. The van der Waals surface area contributed by atoms with Crippen molar-refractivity contribution in [2.45, 2.75) is 0 Å². The molecular weight excluding hydrogens is 902 g/mol. The van der Waals surface area contributed by atoms with E-state index in [4.69, 9.17) is 0 Å². The van der Waals surface area contributed by atoms with Crippen LogP contribution in [-0.2, 0) is 0 Å². The van der Waals surface area contributed by atoms with Crippen LogP contribution in [0, 0.1) is 116 Å². The lowest BCUT2D eigenvalue weighted by atomic mass is 9.93. The van der Waals surface area contributed by atoms with Crippen molar-refractivity contribution in [3.05, 3.63) is 171 Å². The number of rotatable bonds is 6. The van der Waals surface area contributed by atoms with Crippen LogP contribution in [0.2, 0.25) is 0 Å². The smallest absolute Gasteiger partial charge is 0.225 e. The van der Waals surface area contributed by atoms with Crippen molar-refractivity contribution in [1.29, 1.82) is 0 Å². The van der Waals surface area contributed by atoms with Gasteiger partial charge in [-0.05, 0) is 22.3 Å². The molecule has 0 saturated heterocycles. The highest BCUT2D eigenvalue weighted by Crippen LogP contribution is 2.45. The van der Waals surface area contributed by atoms with Gasteiger partial charge in [-0.15, -0.1) is 0 Å². The first-order valence-corrected chi connectivity index (χ1v) is 16.6. The fraction of sp³-hybridized carbons (Fsp3) is 0. The Bertz CT molecular complexity index is 2840. The van der Waals surface area contributed by atoms with Crippen LogP contribution >= 0.6 is 0 Å². The highest BCUT2D eigenvalue weighted by Gasteiger charge is 2.40. The maximum Gasteiger partial charge on any atom is 0.225 e. The SMILES string of the molecule is [O-]c1c(-c2c(F)c(F)c(F)c(F)c2F)cc(-[n+]2c(-c3c(F)c(F)c(F)c(F)c3F)cc(-c3ccccc3)cc2-c2c(F)c(F)c(F)c(F)c2F)cc1-c1c(F)c(F)c(F)c(F)c1F. The minimum absolute atomic E-state index is 0.219. The molecule has 0 aliphatic heterocycles. The minimum atomic E-state index is -2.96. The van der Waals surface area contributed by atoms with Gasteiger partial charge in [0.05, 0.1) is 11.1 Å². The zero-order chi connectivity index (χ0) is 46.4. The lowest BCUT2D eigenvalue weighted by molar-refractivity contribution is -0.572. The predicted molar refractivity (Wildman–Crippen MR) is 174 cm³/mol. The summed E-state index contributed by atoms with van der Waals surface area (Å²) >= 11 is 0. The van der Waals surface area contributed by atoms with Crippen LogP contribution in [-0.4, -0.2) is 0 Å². The van der Waals surface area contributed by atoms with Gasteiger partial charge >= 0.3 is 0 Å². The Kier molecular flexibility index (Phi) is 10.9. The Morgan fingerprint density at radius 3 is 0.825 bits per heavy atom. The molecule has 7 aromatic rings. The van der Waals surface area contributed by atoms with Crippen LogP contribution in [0.5, 0.6) is 5.75 Å². The van der Waals surface area contributed by atoms with Crippen molar-refractivity contribution >= 4 is 0 Å². The first-order valence-electron chi connectivity index (χ1n) is 16.6. The third-order valence-electron chi connectivity index (χ3n) is 9.40. The largest absolute Gasteiger partial charge is 0.872 e. The molecular formula is C41H9F20NO. The molecule has 0 saturated carbocycles. The van der Waals surface area contributed by atoms with Crippen molar-refractivity contribution in [1.82, 2.24) is 0 Å². The zero-order valence-electron chi connectivity index (χ0n) is 29.6. The van der Waals surface area contributed by atoms with Crippen LogP contribution in [0.25, 0.3) is 61.6 Å². The van der Waals surface area contributed by atoms with E-state index in [1.807, 2.05) is 0 Å². The van der Waals surface area contributed by atoms with Crippen molar-refractivity contribution < 1.29 is 97.5 Å². The molecule has 0 N–H and O–H groups in total. The molecule has 0 unspecified atom stereocenters. The average molecular weight is 911 g/mol. The van der Waals surface area contributed by atoms with Crippen molar-refractivity contribution in [3.8, 4) is 67.3 Å². The molecule has 0 spiro atoms. The van der Waals surface area contributed by atoms with Gasteiger partial charge in [0.25, 0.3) is 0 Å². The third kappa shape index (κ3) is 6.56. The van der Waals surface area contributed by atoms with Gasteiger partial charge in [0.1, 0.15) is 11.1 Å². The summed E-state index contributed by atoms with van der Waals surface area (Å²) in [5.41, 5.74) is -19.7. The second kappa shape index (κ2) is 15.6. The Hall–Kier alpha value is -7.13. The molecule has 0 fully saturated rings. The van der Waals surface area contributed by atoms with Gasteiger partial charge in [-0.3, -0.25) is 0 Å².